The Hall–Kier alpha value is -0.130. The van der Waals surface area contributed by atoms with Gasteiger partial charge in [-0.3, -0.25) is 4.90 Å². The second-order valence-corrected chi connectivity index (χ2v) is 7.36. The summed E-state index contributed by atoms with van der Waals surface area (Å²) >= 11 is 9.75. The smallest absolute Gasteiger partial charge is 0.0827 e. The maximum Gasteiger partial charge on any atom is 0.0827 e. The van der Waals surface area contributed by atoms with Crippen LogP contribution in [0.15, 0.2) is 22.7 Å². The summed E-state index contributed by atoms with van der Waals surface area (Å²) in [7, 11) is 0. The van der Waals surface area contributed by atoms with Crippen LogP contribution in [0.25, 0.3) is 0 Å². The van der Waals surface area contributed by atoms with Crippen LogP contribution in [-0.4, -0.2) is 43.3 Å². The van der Waals surface area contributed by atoms with E-state index in [4.69, 9.17) is 16.3 Å². The fraction of sp³-hybridized carbons (Fsp3) is 0.625. The number of nitrogens with one attached hydrogen (secondary N) is 1. The highest BCUT2D eigenvalue weighted by Gasteiger charge is 2.32. The van der Waals surface area contributed by atoms with Gasteiger partial charge in [-0.15, -0.1) is 0 Å². The number of benzene rings is 1. The normalized spacial score (nSPS) is 27.6. The van der Waals surface area contributed by atoms with Crippen molar-refractivity contribution in [3.63, 3.8) is 0 Å². The SMILES string of the molecule is CC(NCC1CN2CCCC2CO1)c1ccc(Br)cc1Cl. The van der Waals surface area contributed by atoms with Crippen LogP contribution in [0.1, 0.15) is 31.4 Å². The van der Waals surface area contributed by atoms with E-state index in [9.17, 15) is 0 Å². The van der Waals surface area contributed by atoms with Gasteiger partial charge in [0.25, 0.3) is 0 Å². The van der Waals surface area contributed by atoms with E-state index in [0.29, 0.717) is 6.04 Å². The van der Waals surface area contributed by atoms with Crippen LogP contribution in [0, 0.1) is 0 Å². The molecule has 1 N–H and O–H groups in total. The van der Waals surface area contributed by atoms with Crippen molar-refractivity contribution >= 4 is 27.5 Å². The number of fused-ring (bicyclic) bond motifs is 1. The Kier molecular flexibility index (Phi) is 5.23. The van der Waals surface area contributed by atoms with Crippen LogP contribution in [-0.2, 0) is 4.74 Å². The van der Waals surface area contributed by atoms with Gasteiger partial charge in [-0.25, -0.2) is 0 Å². The monoisotopic (exact) mass is 372 g/mol. The lowest BCUT2D eigenvalue weighted by Gasteiger charge is -2.35. The minimum atomic E-state index is 0.227. The zero-order valence-corrected chi connectivity index (χ0v) is 14.7. The molecule has 2 aliphatic rings. The lowest BCUT2D eigenvalue weighted by molar-refractivity contribution is -0.0477. The van der Waals surface area contributed by atoms with E-state index >= 15 is 0 Å². The molecule has 21 heavy (non-hydrogen) atoms. The second-order valence-electron chi connectivity index (χ2n) is 6.04. The Morgan fingerprint density at radius 1 is 1.52 bits per heavy atom. The first kappa shape index (κ1) is 15.8. The molecule has 3 nitrogen and oxygen atoms in total. The molecule has 0 spiro atoms. The molecule has 3 rings (SSSR count). The van der Waals surface area contributed by atoms with E-state index < -0.39 is 0 Å². The standard InChI is InChI=1S/C16H22BrClN2O/c1-11(15-5-4-12(17)7-16(15)18)19-8-14-9-20-6-2-3-13(20)10-21-14/h4-5,7,11,13-14,19H,2-3,6,8-10H2,1H3. The number of rotatable bonds is 4. The average molecular weight is 374 g/mol. The van der Waals surface area contributed by atoms with Crippen molar-refractivity contribution in [1.82, 2.24) is 10.2 Å². The molecular formula is C16H22BrClN2O. The third kappa shape index (κ3) is 3.80. The van der Waals surface area contributed by atoms with Gasteiger partial charge < -0.3 is 10.1 Å². The van der Waals surface area contributed by atoms with Gasteiger partial charge in [0.15, 0.2) is 0 Å². The summed E-state index contributed by atoms with van der Waals surface area (Å²) in [4.78, 5) is 2.58. The molecule has 2 fully saturated rings. The minimum Gasteiger partial charge on any atom is -0.374 e. The molecule has 2 aliphatic heterocycles. The molecular weight excluding hydrogens is 352 g/mol. The fourth-order valence-electron chi connectivity index (χ4n) is 3.28. The summed E-state index contributed by atoms with van der Waals surface area (Å²) < 4.78 is 7.00. The highest BCUT2D eigenvalue weighted by atomic mass is 79.9. The number of ether oxygens (including phenoxy) is 1. The van der Waals surface area contributed by atoms with Crippen LogP contribution in [0.5, 0.6) is 0 Å². The lowest BCUT2D eigenvalue weighted by Crippen LogP contribution is -2.49. The van der Waals surface area contributed by atoms with E-state index in [-0.39, 0.29) is 12.1 Å². The maximum absolute atomic E-state index is 6.31. The molecule has 0 saturated carbocycles. The van der Waals surface area contributed by atoms with Crippen LogP contribution in [0.3, 0.4) is 0 Å². The quantitative estimate of drug-likeness (QED) is 0.872. The highest BCUT2D eigenvalue weighted by molar-refractivity contribution is 9.10. The van der Waals surface area contributed by atoms with E-state index in [1.165, 1.54) is 19.4 Å². The van der Waals surface area contributed by atoms with E-state index in [1.807, 2.05) is 12.1 Å². The molecule has 116 valence electrons. The molecule has 3 atom stereocenters. The van der Waals surface area contributed by atoms with E-state index in [2.05, 4.69) is 39.1 Å². The van der Waals surface area contributed by atoms with E-state index in [1.54, 1.807) is 0 Å². The van der Waals surface area contributed by atoms with Gasteiger partial charge in [0, 0.05) is 34.7 Å². The van der Waals surface area contributed by atoms with Crippen molar-refractivity contribution in [3.8, 4) is 0 Å². The summed E-state index contributed by atoms with van der Waals surface area (Å²) in [5, 5.41) is 4.36. The first-order chi connectivity index (χ1) is 10.1. The molecule has 1 aromatic carbocycles. The lowest BCUT2D eigenvalue weighted by atomic mass is 10.1. The van der Waals surface area contributed by atoms with Crippen LogP contribution in [0.4, 0.5) is 0 Å². The summed E-state index contributed by atoms with van der Waals surface area (Å²) in [6.07, 6.45) is 2.90. The summed E-state index contributed by atoms with van der Waals surface area (Å²) in [6.45, 7) is 6.20. The molecule has 0 radical (unpaired) electrons. The Labute approximate surface area is 140 Å². The molecule has 3 unspecified atom stereocenters. The predicted molar refractivity (Wildman–Crippen MR) is 89.9 cm³/mol. The molecule has 0 amide bonds. The first-order valence-electron chi connectivity index (χ1n) is 7.67. The summed E-state index contributed by atoms with van der Waals surface area (Å²) in [6, 6.07) is 6.94. The molecule has 2 saturated heterocycles. The zero-order chi connectivity index (χ0) is 14.8. The minimum absolute atomic E-state index is 0.227. The topological polar surface area (TPSA) is 24.5 Å². The molecule has 5 heteroatoms. The van der Waals surface area contributed by atoms with Crippen molar-refractivity contribution in [2.75, 3.05) is 26.2 Å². The number of hydrogen-bond acceptors (Lipinski definition) is 3. The largest absolute Gasteiger partial charge is 0.374 e. The van der Waals surface area contributed by atoms with Gasteiger partial charge in [0.05, 0.1) is 12.7 Å². The van der Waals surface area contributed by atoms with Gasteiger partial charge in [-0.05, 0) is 44.0 Å². The van der Waals surface area contributed by atoms with Crippen molar-refractivity contribution in [3.05, 3.63) is 33.3 Å². The van der Waals surface area contributed by atoms with Crippen molar-refractivity contribution in [2.45, 2.75) is 38.0 Å². The van der Waals surface area contributed by atoms with Gasteiger partial charge in [0.1, 0.15) is 0 Å². The third-order valence-corrected chi connectivity index (χ3v) is 5.36. The van der Waals surface area contributed by atoms with Crippen LogP contribution < -0.4 is 5.32 Å². The van der Waals surface area contributed by atoms with Gasteiger partial charge in [-0.1, -0.05) is 33.6 Å². The number of morpholine rings is 1. The van der Waals surface area contributed by atoms with Crippen molar-refractivity contribution in [2.24, 2.45) is 0 Å². The van der Waals surface area contributed by atoms with Crippen LogP contribution >= 0.6 is 27.5 Å². The molecule has 1 aromatic rings. The summed E-state index contributed by atoms with van der Waals surface area (Å²) in [5.41, 5.74) is 1.13. The maximum atomic E-state index is 6.31. The third-order valence-electron chi connectivity index (χ3n) is 4.54. The summed E-state index contributed by atoms with van der Waals surface area (Å²) in [5.74, 6) is 0. The Bertz CT molecular complexity index is 499. The van der Waals surface area contributed by atoms with Gasteiger partial charge in [0.2, 0.25) is 0 Å². The molecule has 0 aromatic heterocycles. The Balaban J connectivity index is 1.52. The molecule has 2 heterocycles. The number of hydrogen-bond donors (Lipinski definition) is 1. The van der Waals surface area contributed by atoms with Gasteiger partial charge in [-0.2, -0.15) is 0 Å². The zero-order valence-electron chi connectivity index (χ0n) is 12.3. The number of nitrogens with zero attached hydrogens (tertiary/aromatic N) is 1. The van der Waals surface area contributed by atoms with Crippen molar-refractivity contribution < 1.29 is 4.74 Å². The number of halogens is 2. The van der Waals surface area contributed by atoms with Crippen molar-refractivity contribution in [1.29, 1.82) is 0 Å². The second kappa shape index (κ2) is 6.97. The van der Waals surface area contributed by atoms with E-state index in [0.717, 1.165) is 34.8 Å². The Morgan fingerprint density at radius 2 is 2.38 bits per heavy atom. The van der Waals surface area contributed by atoms with Crippen LogP contribution in [0.2, 0.25) is 5.02 Å². The average Bonchev–Trinajstić information content (AvgIpc) is 2.92. The fourth-order valence-corrected chi connectivity index (χ4v) is 4.12. The molecule has 0 aliphatic carbocycles. The molecule has 0 bridgehead atoms. The first-order valence-corrected chi connectivity index (χ1v) is 8.84. The van der Waals surface area contributed by atoms with Gasteiger partial charge >= 0.3 is 0 Å². The Morgan fingerprint density at radius 3 is 3.19 bits per heavy atom. The predicted octanol–water partition coefficient (Wildman–Crippen LogP) is 3.62. The highest BCUT2D eigenvalue weighted by Crippen LogP contribution is 2.27.